The number of aliphatic hydroxyl groups excluding tert-OH is 1. The zero-order valence-electron chi connectivity index (χ0n) is 9.03. The normalized spacial score (nSPS) is 26.6. The van der Waals surface area contributed by atoms with E-state index in [-0.39, 0.29) is 12.4 Å². The highest BCUT2D eigenvalue weighted by atomic mass is 16.7. The van der Waals surface area contributed by atoms with E-state index in [4.69, 9.17) is 14.6 Å². The molecular formula is C10H21NO3. The second-order valence-corrected chi connectivity index (χ2v) is 3.57. The van der Waals surface area contributed by atoms with Crippen LogP contribution >= 0.6 is 0 Å². The summed E-state index contributed by atoms with van der Waals surface area (Å²) in [7, 11) is 0. The van der Waals surface area contributed by atoms with Crippen LogP contribution in [0.2, 0.25) is 0 Å². The summed E-state index contributed by atoms with van der Waals surface area (Å²) < 4.78 is 10.8. The van der Waals surface area contributed by atoms with Gasteiger partial charge in [-0.3, -0.25) is 0 Å². The lowest BCUT2D eigenvalue weighted by atomic mass is 9.89. The highest BCUT2D eigenvalue weighted by Gasteiger charge is 2.27. The average Bonchev–Trinajstić information content (AvgIpc) is 2.11. The van der Waals surface area contributed by atoms with Crippen LogP contribution in [0.1, 0.15) is 26.7 Å². The molecule has 0 bridgehead atoms. The Morgan fingerprint density at radius 2 is 1.86 bits per heavy atom. The van der Waals surface area contributed by atoms with Crippen molar-refractivity contribution in [3.8, 4) is 0 Å². The zero-order chi connectivity index (χ0) is 10.4. The van der Waals surface area contributed by atoms with E-state index < -0.39 is 0 Å². The Labute approximate surface area is 85.6 Å². The first-order chi connectivity index (χ1) is 6.76. The molecule has 0 unspecified atom stereocenters. The number of hydrogen-bond donors (Lipinski definition) is 2. The van der Waals surface area contributed by atoms with Crippen LogP contribution < -0.4 is 5.32 Å². The number of nitrogens with one attached hydrogen (secondary N) is 1. The molecule has 0 aromatic heterocycles. The summed E-state index contributed by atoms with van der Waals surface area (Å²) in [6.07, 6.45) is 1.45. The first kappa shape index (κ1) is 11.9. The van der Waals surface area contributed by atoms with Crippen molar-refractivity contribution >= 4 is 0 Å². The number of ether oxygens (including phenoxy) is 2. The second-order valence-electron chi connectivity index (χ2n) is 3.57. The Bertz CT molecular complexity index is 142. The van der Waals surface area contributed by atoms with Crippen molar-refractivity contribution in [3.63, 3.8) is 0 Å². The first-order valence-corrected chi connectivity index (χ1v) is 5.40. The summed E-state index contributed by atoms with van der Waals surface area (Å²) in [5.41, 5.74) is 0. The molecule has 0 aromatic rings. The predicted octanol–water partition coefficient (Wildman–Crippen LogP) is 0.498. The van der Waals surface area contributed by atoms with Gasteiger partial charge in [0.2, 0.25) is 0 Å². The molecule has 1 saturated carbocycles. The average molecular weight is 203 g/mol. The molecule has 0 aliphatic heterocycles. The van der Waals surface area contributed by atoms with E-state index in [1.54, 1.807) is 0 Å². The van der Waals surface area contributed by atoms with E-state index in [1.165, 1.54) is 0 Å². The fraction of sp³-hybridized carbons (Fsp3) is 1.00. The largest absolute Gasteiger partial charge is 0.393 e. The van der Waals surface area contributed by atoms with E-state index in [0.717, 1.165) is 12.8 Å². The predicted molar refractivity (Wildman–Crippen MR) is 54.1 cm³/mol. The van der Waals surface area contributed by atoms with Crippen LogP contribution in [-0.2, 0) is 9.47 Å². The number of hydrogen-bond acceptors (Lipinski definition) is 4. The summed E-state index contributed by atoms with van der Waals surface area (Å²) in [4.78, 5) is 0. The van der Waals surface area contributed by atoms with Gasteiger partial charge < -0.3 is 19.9 Å². The van der Waals surface area contributed by atoms with Crippen LogP contribution in [0.3, 0.4) is 0 Å². The maximum atomic E-state index is 9.09. The highest BCUT2D eigenvalue weighted by Crippen LogP contribution is 2.19. The van der Waals surface area contributed by atoms with Crippen molar-refractivity contribution < 1.29 is 14.6 Å². The molecule has 0 heterocycles. The number of aliphatic hydroxyl groups is 1. The molecular weight excluding hydrogens is 182 g/mol. The maximum absolute atomic E-state index is 9.09. The molecule has 0 amide bonds. The summed E-state index contributed by atoms with van der Waals surface area (Å²) in [5, 5.41) is 12.4. The highest BCUT2D eigenvalue weighted by molar-refractivity contribution is 4.84. The van der Waals surface area contributed by atoms with E-state index in [1.807, 2.05) is 13.8 Å². The molecule has 84 valence electrons. The second kappa shape index (κ2) is 6.35. The third-order valence-corrected chi connectivity index (χ3v) is 2.39. The smallest absolute Gasteiger partial charge is 0.169 e. The molecule has 4 nitrogen and oxygen atoms in total. The van der Waals surface area contributed by atoms with Gasteiger partial charge in [-0.25, -0.2) is 0 Å². The Balaban J connectivity index is 2.06. The van der Waals surface area contributed by atoms with Gasteiger partial charge >= 0.3 is 0 Å². The number of rotatable bonds is 7. The van der Waals surface area contributed by atoms with Crippen molar-refractivity contribution in [2.24, 2.45) is 0 Å². The van der Waals surface area contributed by atoms with E-state index in [2.05, 4.69) is 5.32 Å². The maximum Gasteiger partial charge on any atom is 0.169 e. The molecule has 2 N–H and O–H groups in total. The van der Waals surface area contributed by atoms with Gasteiger partial charge in [0, 0.05) is 25.8 Å². The van der Waals surface area contributed by atoms with Gasteiger partial charge in [-0.15, -0.1) is 0 Å². The summed E-state index contributed by atoms with van der Waals surface area (Å²) in [5.74, 6) is 0. The van der Waals surface area contributed by atoms with Crippen LogP contribution in [0.25, 0.3) is 0 Å². The van der Waals surface area contributed by atoms with Crippen LogP contribution in [0.15, 0.2) is 0 Å². The van der Waals surface area contributed by atoms with Crippen molar-refractivity contribution in [2.45, 2.75) is 45.1 Å². The van der Waals surface area contributed by atoms with Crippen LogP contribution in [0, 0.1) is 0 Å². The van der Waals surface area contributed by atoms with Gasteiger partial charge in [0.25, 0.3) is 0 Å². The van der Waals surface area contributed by atoms with E-state index in [0.29, 0.717) is 25.8 Å². The van der Waals surface area contributed by atoms with E-state index >= 15 is 0 Å². The third-order valence-electron chi connectivity index (χ3n) is 2.39. The lowest BCUT2D eigenvalue weighted by Gasteiger charge is -2.33. The Morgan fingerprint density at radius 1 is 1.29 bits per heavy atom. The monoisotopic (exact) mass is 203 g/mol. The van der Waals surface area contributed by atoms with Crippen molar-refractivity contribution in [3.05, 3.63) is 0 Å². The fourth-order valence-corrected chi connectivity index (χ4v) is 1.56. The summed E-state index contributed by atoms with van der Waals surface area (Å²) in [6, 6.07) is 0.438. The minimum Gasteiger partial charge on any atom is -0.393 e. The molecule has 1 rings (SSSR count). The van der Waals surface area contributed by atoms with Crippen molar-refractivity contribution in [1.29, 1.82) is 0 Å². The molecule has 14 heavy (non-hydrogen) atoms. The van der Waals surface area contributed by atoms with Crippen LogP contribution in [0.5, 0.6) is 0 Å². The summed E-state index contributed by atoms with van der Waals surface area (Å²) >= 11 is 0. The van der Waals surface area contributed by atoms with Gasteiger partial charge in [-0.2, -0.15) is 0 Å². The minimum atomic E-state index is -0.150. The first-order valence-electron chi connectivity index (χ1n) is 5.40. The van der Waals surface area contributed by atoms with Crippen molar-refractivity contribution in [1.82, 2.24) is 5.32 Å². The zero-order valence-corrected chi connectivity index (χ0v) is 9.03. The lowest BCUT2D eigenvalue weighted by Crippen LogP contribution is -2.47. The Kier molecular flexibility index (Phi) is 5.40. The molecule has 0 radical (unpaired) electrons. The van der Waals surface area contributed by atoms with Crippen LogP contribution in [-0.4, -0.2) is 43.3 Å². The Morgan fingerprint density at radius 3 is 2.29 bits per heavy atom. The van der Waals surface area contributed by atoms with Gasteiger partial charge in [0.1, 0.15) is 0 Å². The van der Waals surface area contributed by atoms with Gasteiger partial charge in [-0.1, -0.05) is 0 Å². The van der Waals surface area contributed by atoms with Crippen molar-refractivity contribution in [2.75, 3.05) is 19.8 Å². The molecule has 1 aliphatic carbocycles. The van der Waals surface area contributed by atoms with Crippen LogP contribution in [0.4, 0.5) is 0 Å². The molecule has 1 aliphatic rings. The fourth-order valence-electron chi connectivity index (χ4n) is 1.56. The van der Waals surface area contributed by atoms with E-state index in [9.17, 15) is 0 Å². The molecule has 0 saturated heterocycles. The SMILES string of the molecule is CCOC(CNC1CC(O)C1)OCC. The topological polar surface area (TPSA) is 50.7 Å². The van der Waals surface area contributed by atoms with Gasteiger partial charge in [-0.05, 0) is 26.7 Å². The van der Waals surface area contributed by atoms with Gasteiger partial charge in [0.05, 0.1) is 6.10 Å². The summed E-state index contributed by atoms with van der Waals surface area (Å²) in [6.45, 7) is 5.95. The molecule has 0 spiro atoms. The minimum absolute atomic E-state index is 0.106. The molecule has 4 heteroatoms. The standard InChI is InChI=1S/C10H21NO3/c1-3-13-10(14-4-2)7-11-8-5-9(12)6-8/h8-12H,3-7H2,1-2H3. The molecule has 0 aromatic carbocycles. The lowest BCUT2D eigenvalue weighted by molar-refractivity contribution is -0.135. The molecule has 1 fully saturated rings. The van der Waals surface area contributed by atoms with Gasteiger partial charge in [0.15, 0.2) is 6.29 Å². The molecule has 0 atom stereocenters. The Hall–Kier alpha value is -0.160. The quantitative estimate of drug-likeness (QED) is 0.592. The third kappa shape index (κ3) is 3.92.